The quantitative estimate of drug-likeness (QED) is 0.162. The second-order valence-corrected chi connectivity index (χ2v) is 6.89. The van der Waals surface area contributed by atoms with E-state index < -0.39 is 6.16 Å². The van der Waals surface area contributed by atoms with Crippen molar-refractivity contribution in [3.05, 3.63) is 24.3 Å². The third-order valence-electron chi connectivity index (χ3n) is 4.45. The Hall–Kier alpha value is -1.29. The molecule has 0 aliphatic carbocycles. The van der Waals surface area contributed by atoms with Gasteiger partial charge in [-0.3, -0.25) is 0 Å². The van der Waals surface area contributed by atoms with Gasteiger partial charge in [-0.25, -0.2) is 4.79 Å². The molecule has 2 N–H and O–H groups in total. The molecule has 0 saturated carbocycles. The Labute approximate surface area is 160 Å². The predicted molar refractivity (Wildman–Crippen MR) is 109 cm³/mol. The highest BCUT2D eigenvalue weighted by atomic mass is 16.7. The van der Waals surface area contributed by atoms with Gasteiger partial charge in [0.15, 0.2) is 0 Å². The first-order chi connectivity index (χ1) is 12.7. The lowest BCUT2D eigenvalue weighted by Crippen LogP contribution is -2.18. The maximum Gasteiger partial charge on any atom is 0.506 e. The molecule has 0 heterocycles. The number of hydrogen-bond donors (Lipinski definition) is 2. The van der Waals surface area contributed by atoms with Crippen molar-refractivity contribution in [2.45, 2.75) is 103 Å². The van der Waals surface area contributed by atoms with Crippen LogP contribution >= 0.6 is 0 Å². The van der Waals surface area contributed by atoms with Crippen LogP contribution in [0.2, 0.25) is 0 Å². The van der Waals surface area contributed by atoms with Crippen molar-refractivity contribution < 1.29 is 19.7 Å². The number of aliphatic hydroxyl groups is 1. The Morgan fingerprint density at radius 2 is 1.42 bits per heavy atom. The maximum absolute atomic E-state index is 10.5. The summed E-state index contributed by atoms with van der Waals surface area (Å²) < 4.78 is 4.76. The standard InChI is InChI=1S/C22H40O4/c1-2-3-4-5-6-7-8-9-10-11-12-13-14-15-16-17-18-21(19-20-23)26-22(24)25/h6-7,9-10,21,23H,2-5,8,11-20H2,1H3,(H,24,25)/b7-6-,10-9-. The summed E-state index contributed by atoms with van der Waals surface area (Å²) in [6.07, 6.45) is 23.0. The zero-order valence-corrected chi connectivity index (χ0v) is 16.7. The fourth-order valence-corrected chi connectivity index (χ4v) is 2.91. The van der Waals surface area contributed by atoms with E-state index >= 15 is 0 Å². The minimum absolute atomic E-state index is 0.0277. The molecule has 0 aromatic heterocycles. The molecule has 0 fully saturated rings. The van der Waals surface area contributed by atoms with Crippen LogP contribution in [0.25, 0.3) is 0 Å². The minimum Gasteiger partial charge on any atom is -0.450 e. The summed E-state index contributed by atoms with van der Waals surface area (Å²) in [6, 6.07) is 0. The number of hydrogen-bond acceptors (Lipinski definition) is 3. The van der Waals surface area contributed by atoms with Gasteiger partial charge in [-0.1, -0.05) is 69.8 Å². The van der Waals surface area contributed by atoms with Crippen molar-refractivity contribution in [2.24, 2.45) is 0 Å². The third-order valence-corrected chi connectivity index (χ3v) is 4.45. The normalized spacial score (nSPS) is 12.8. The van der Waals surface area contributed by atoms with Crippen LogP contribution in [-0.4, -0.2) is 29.1 Å². The number of rotatable bonds is 18. The first-order valence-corrected chi connectivity index (χ1v) is 10.5. The van der Waals surface area contributed by atoms with Gasteiger partial charge in [0.05, 0.1) is 0 Å². The van der Waals surface area contributed by atoms with Crippen LogP contribution in [-0.2, 0) is 4.74 Å². The number of carbonyl (C=O) groups is 1. The monoisotopic (exact) mass is 368 g/mol. The largest absolute Gasteiger partial charge is 0.506 e. The number of ether oxygens (including phenoxy) is 1. The summed E-state index contributed by atoms with van der Waals surface area (Å²) in [4.78, 5) is 10.5. The third kappa shape index (κ3) is 19.0. The molecule has 0 radical (unpaired) electrons. The first-order valence-electron chi connectivity index (χ1n) is 10.5. The Morgan fingerprint density at radius 3 is 2.00 bits per heavy atom. The van der Waals surface area contributed by atoms with E-state index in [2.05, 4.69) is 31.2 Å². The summed E-state index contributed by atoms with van der Waals surface area (Å²) in [5.41, 5.74) is 0. The minimum atomic E-state index is -1.25. The molecule has 0 bridgehead atoms. The Bertz CT molecular complexity index is 363. The van der Waals surface area contributed by atoms with Crippen LogP contribution in [0.15, 0.2) is 24.3 Å². The molecule has 4 heteroatoms. The Morgan fingerprint density at radius 1 is 0.846 bits per heavy atom. The molecule has 0 spiro atoms. The zero-order valence-electron chi connectivity index (χ0n) is 16.7. The van der Waals surface area contributed by atoms with Crippen LogP contribution in [0.5, 0.6) is 0 Å². The molecule has 0 aromatic rings. The number of allylic oxidation sites excluding steroid dienone is 4. The number of carboxylic acid groups (broad SMARTS) is 1. The molecular weight excluding hydrogens is 328 g/mol. The molecule has 0 amide bonds. The summed E-state index contributed by atoms with van der Waals surface area (Å²) in [5, 5.41) is 17.5. The molecule has 1 unspecified atom stereocenters. The molecule has 152 valence electrons. The van der Waals surface area contributed by atoms with Crippen molar-refractivity contribution in [1.82, 2.24) is 0 Å². The van der Waals surface area contributed by atoms with Crippen LogP contribution in [0.3, 0.4) is 0 Å². The van der Waals surface area contributed by atoms with E-state index in [4.69, 9.17) is 14.9 Å². The molecule has 0 saturated heterocycles. The van der Waals surface area contributed by atoms with Gasteiger partial charge in [0.1, 0.15) is 6.10 Å². The SMILES string of the molecule is CCCCC/C=C\C/C=C\CCCCCCCCC(CCO)OC(=O)O. The lowest BCUT2D eigenvalue weighted by molar-refractivity contribution is 0.0360. The van der Waals surface area contributed by atoms with E-state index in [1.165, 1.54) is 51.4 Å². The molecule has 26 heavy (non-hydrogen) atoms. The molecule has 0 aliphatic heterocycles. The molecular formula is C22H40O4. The Kier molecular flexibility index (Phi) is 19.0. The second kappa shape index (κ2) is 20.0. The van der Waals surface area contributed by atoms with E-state index in [1.807, 2.05) is 0 Å². The average Bonchev–Trinajstić information content (AvgIpc) is 2.61. The van der Waals surface area contributed by atoms with Crippen molar-refractivity contribution in [3.63, 3.8) is 0 Å². The maximum atomic E-state index is 10.5. The van der Waals surface area contributed by atoms with Gasteiger partial charge < -0.3 is 14.9 Å². The van der Waals surface area contributed by atoms with E-state index in [-0.39, 0.29) is 12.7 Å². The van der Waals surface area contributed by atoms with E-state index in [0.717, 1.165) is 25.7 Å². The lowest BCUT2D eigenvalue weighted by Gasteiger charge is -2.14. The van der Waals surface area contributed by atoms with Gasteiger partial charge >= 0.3 is 6.16 Å². The highest BCUT2D eigenvalue weighted by Gasteiger charge is 2.12. The van der Waals surface area contributed by atoms with E-state index in [0.29, 0.717) is 12.8 Å². The number of unbranched alkanes of at least 4 members (excludes halogenated alkanes) is 9. The van der Waals surface area contributed by atoms with Crippen molar-refractivity contribution in [2.75, 3.05) is 6.61 Å². The van der Waals surface area contributed by atoms with Crippen LogP contribution in [0.4, 0.5) is 4.79 Å². The zero-order chi connectivity index (χ0) is 19.3. The number of aliphatic hydroxyl groups excluding tert-OH is 1. The summed E-state index contributed by atoms with van der Waals surface area (Å²) >= 11 is 0. The smallest absolute Gasteiger partial charge is 0.450 e. The summed E-state index contributed by atoms with van der Waals surface area (Å²) in [7, 11) is 0. The highest BCUT2D eigenvalue weighted by Crippen LogP contribution is 2.13. The molecule has 0 aliphatic rings. The average molecular weight is 369 g/mol. The van der Waals surface area contributed by atoms with Gasteiger partial charge in [-0.15, -0.1) is 0 Å². The van der Waals surface area contributed by atoms with Crippen LogP contribution in [0.1, 0.15) is 96.8 Å². The van der Waals surface area contributed by atoms with Gasteiger partial charge in [0.25, 0.3) is 0 Å². The van der Waals surface area contributed by atoms with Gasteiger partial charge in [0.2, 0.25) is 0 Å². The molecule has 4 nitrogen and oxygen atoms in total. The topological polar surface area (TPSA) is 66.8 Å². The Balaban J connectivity index is 3.39. The van der Waals surface area contributed by atoms with E-state index in [1.54, 1.807) is 0 Å². The fourth-order valence-electron chi connectivity index (χ4n) is 2.91. The molecule has 0 aromatic carbocycles. The molecule has 0 rings (SSSR count). The van der Waals surface area contributed by atoms with Crippen LogP contribution < -0.4 is 0 Å². The van der Waals surface area contributed by atoms with Crippen LogP contribution in [0, 0.1) is 0 Å². The van der Waals surface area contributed by atoms with Gasteiger partial charge in [-0.05, 0) is 44.9 Å². The van der Waals surface area contributed by atoms with Crippen molar-refractivity contribution in [3.8, 4) is 0 Å². The fraction of sp³-hybridized carbons (Fsp3) is 0.773. The lowest BCUT2D eigenvalue weighted by atomic mass is 10.0. The van der Waals surface area contributed by atoms with Crippen molar-refractivity contribution >= 4 is 6.16 Å². The van der Waals surface area contributed by atoms with E-state index in [9.17, 15) is 4.79 Å². The van der Waals surface area contributed by atoms with Gasteiger partial charge in [-0.2, -0.15) is 0 Å². The summed E-state index contributed by atoms with van der Waals surface area (Å²) in [6.45, 7) is 2.21. The van der Waals surface area contributed by atoms with Crippen molar-refractivity contribution in [1.29, 1.82) is 0 Å². The predicted octanol–water partition coefficient (Wildman–Crippen LogP) is 6.64. The summed E-state index contributed by atoms with van der Waals surface area (Å²) in [5.74, 6) is 0. The second-order valence-electron chi connectivity index (χ2n) is 6.89. The highest BCUT2D eigenvalue weighted by molar-refractivity contribution is 5.57. The molecule has 1 atom stereocenters. The first kappa shape index (κ1) is 24.7. The van der Waals surface area contributed by atoms with Gasteiger partial charge in [0, 0.05) is 13.0 Å².